The average molecular weight is 609 g/mol. The van der Waals surface area contributed by atoms with Crippen LogP contribution in [-0.2, 0) is 16.1 Å². The van der Waals surface area contributed by atoms with Crippen molar-refractivity contribution < 1.29 is 14.3 Å². The lowest BCUT2D eigenvalue weighted by Gasteiger charge is -2.45. The SMILES string of the molecule is CCN(C1COC1)C(C)(C)C=C(C#N)C(=O)N1CC[C@H]1Cn1c(=O)n(-c2ccc(Oc3ccccc3)cc2)c2c(N)ncnc21. The van der Waals surface area contributed by atoms with Gasteiger partial charge in [-0.3, -0.25) is 18.8 Å². The summed E-state index contributed by atoms with van der Waals surface area (Å²) >= 11 is 0. The van der Waals surface area contributed by atoms with Gasteiger partial charge in [0, 0.05) is 18.6 Å². The number of rotatable bonds is 10. The molecule has 2 aromatic heterocycles. The molecule has 2 fully saturated rings. The van der Waals surface area contributed by atoms with Crippen LogP contribution in [-0.4, -0.2) is 78.7 Å². The third kappa shape index (κ3) is 5.68. The van der Waals surface area contributed by atoms with Crippen molar-refractivity contribution in [2.75, 3.05) is 32.0 Å². The summed E-state index contributed by atoms with van der Waals surface area (Å²) in [6.45, 7) is 8.79. The summed E-state index contributed by atoms with van der Waals surface area (Å²) in [4.78, 5) is 40.0. The molecule has 1 atom stereocenters. The molecular formula is C33H36N8O4. The zero-order valence-electron chi connectivity index (χ0n) is 25.6. The number of ether oxygens (including phenoxy) is 2. The molecule has 0 saturated carbocycles. The Kier molecular flexibility index (Phi) is 8.14. The van der Waals surface area contributed by atoms with Gasteiger partial charge in [-0.2, -0.15) is 5.26 Å². The van der Waals surface area contributed by atoms with E-state index in [0.717, 1.165) is 6.54 Å². The molecule has 1 amide bonds. The van der Waals surface area contributed by atoms with E-state index < -0.39 is 5.54 Å². The zero-order chi connectivity index (χ0) is 31.7. The number of para-hydroxylation sites is 1. The Balaban J connectivity index is 1.26. The monoisotopic (exact) mass is 608 g/mol. The highest BCUT2D eigenvalue weighted by Crippen LogP contribution is 2.29. The molecule has 0 unspecified atom stereocenters. The van der Waals surface area contributed by atoms with Gasteiger partial charge >= 0.3 is 5.69 Å². The molecule has 2 N–H and O–H groups in total. The second-order valence-corrected chi connectivity index (χ2v) is 11.8. The smallest absolute Gasteiger partial charge is 0.335 e. The second-order valence-electron chi connectivity index (χ2n) is 11.8. The molecule has 0 spiro atoms. The van der Waals surface area contributed by atoms with Crippen molar-refractivity contribution in [1.82, 2.24) is 28.9 Å². The van der Waals surface area contributed by atoms with Crippen LogP contribution in [0.1, 0.15) is 27.2 Å². The number of carbonyl (C=O) groups is 1. The minimum absolute atomic E-state index is 0.0857. The first-order chi connectivity index (χ1) is 21.7. The van der Waals surface area contributed by atoms with Crippen molar-refractivity contribution in [3.63, 3.8) is 0 Å². The van der Waals surface area contributed by atoms with Gasteiger partial charge < -0.3 is 20.1 Å². The molecule has 0 radical (unpaired) electrons. The van der Waals surface area contributed by atoms with Gasteiger partial charge in [0.25, 0.3) is 5.91 Å². The van der Waals surface area contributed by atoms with Gasteiger partial charge in [0.05, 0.1) is 31.0 Å². The lowest BCUT2D eigenvalue weighted by atomic mass is 9.94. The van der Waals surface area contributed by atoms with Crippen molar-refractivity contribution in [3.05, 3.63) is 83.1 Å². The first-order valence-corrected chi connectivity index (χ1v) is 15.0. The molecular weight excluding hydrogens is 572 g/mol. The van der Waals surface area contributed by atoms with Gasteiger partial charge in [0.1, 0.15) is 35.0 Å². The third-order valence-corrected chi connectivity index (χ3v) is 8.60. The number of nitrogen functional groups attached to an aromatic ring is 1. The summed E-state index contributed by atoms with van der Waals surface area (Å²) in [6.07, 6.45) is 3.76. The molecule has 45 heavy (non-hydrogen) atoms. The van der Waals surface area contributed by atoms with Gasteiger partial charge in [-0.1, -0.05) is 25.1 Å². The molecule has 2 saturated heterocycles. The summed E-state index contributed by atoms with van der Waals surface area (Å²) in [5.41, 5.74) is 6.81. The number of fused-ring (bicyclic) bond motifs is 1. The van der Waals surface area contributed by atoms with Crippen LogP contribution < -0.4 is 16.2 Å². The molecule has 6 rings (SSSR count). The van der Waals surface area contributed by atoms with E-state index in [1.165, 1.54) is 15.5 Å². The number of likely N-dealkylation sites (tertiary alicyclic amines) is 1. The second kappa shape index (κ2) is 12.2. The van der Waals surface area contributed by atoms with Crippen molar-refractivity contribution in [2.24, 2.45) is 0 Å². The fraction of sp³-hybridized carbons (Fsp3) is 0.364. The Morgan fingerprint density at radius 1 is 1.16 bits per heavy atom. The fourth-order valence-corrected chi connectivity index (χ4v) is 6.17. The average Bonchev–Trinajstić information content (AvgIpc) is 3.28. The van der Waals surface area contributed by atoms with Crippen LogP contribution in [0.5, 0.6) is 11.5 Å². The number of likely N-dealkylation sites (N-methyl/N-ethyl adjacent to an activating group) is 1. The highest BCUT2D eigenvalue weighted by Gasteiger charge is 2.38. The van der Waals surface area contributed by atoms with Gasteiger partial charge in [-0.25, -0.2) is 14.8 Å². The molecule has 0 bridgehead atoms. The van der Waals surface area contributed by atoms with E-state index in [-0.39, 0.29) is 41.6 Å². The third-order valence-electron chi connectivity index (χ3n) is 8.60. The number of amides is 1. The fourth-order valence-electron chi connectivity index (χ4n) is 6.17. The lowest BCUT2D eigenvalue weighted by molar-refractivity contribution is -0.134. The van der Waals surface area contributed by atoms with Gasteiger partial charge in [-0.05, 0) is 69.3 Å². The molecule has 0 aliphatic carbocycles. The summed E-state index contributed by atoms with van der Waals surface area (Å²) in [7, 11) is 0. The van der Waals surface area contributed by atoms with Crippen LogP contribution in [0.3, 0.4) is 0 Å². The van der Waals surface area contributed by atoms with Crippen LogP contribution in [0.2, 0.25) is 0 Å². The summed E-state index contributed by atoms with van der Waals surface area (Å²) in [5.74, 6) is 1.13. The maximum Gasteiger partial charge on any atom is 0.335 e. The van der Waals surface area contributed by atoms with Gasteiger partial charge in [0.15, 0.2) is 11.5 Å². The standard InChI is InChI=1S/C33H36N8O4/c1-4-40(25-19-44-20-25)33(2,3)16-22(17-34)31(42)38-15-14-24(38)18-39-30-28(29(35)36-21-37-30)41(32(39)43)23-10-12-27(13-11-23)45-26-8-6-5-7-9-26/h5-13,16,21,24-25H,4,14-15,18-20H2,1-3H3,(H2,35,36,37)/t24-/m0/s1. The Morgan fingerprint density at radius 3 is 2.47 bits per heavy atom. The van der Waals surface area contributed by atoms with Crippen molar-refractivity contribution in [3.8, 4) is 23.3 Å². The number of nitriles is 1. The topological polar surface area (TPSA) is 145 Å². The first-order valence-electron chi connectivity index (χ1n) is 15.0. The maximum absolute atomic E-state index is 13.9. The minimum atomic E-state index is -0.523. The van der Waals surface area contributed by atoms with E-state index in [1.54, 1.807) is 35.2 Å². The van der Waals surface area contributed by atoms with Crippen LogP contribution in [0.15, 0.2) is 77.4 Å². The minimum Gasteiger partial charge on any atom is -0.457 e. The molecule has 4 aromatic rings. The van der Waals surface area contributed by atoms with E-state index >= 15 is 0 Å². The van der Waals surface area contributed by atoms with Gasteiger partial charge in [-0.15, -0.1) is 0 Å². The predicted molar refractivity (Wildman–Crippen MR) is 169 cm³/mol. The molecule has 2 aliphatic heterocycles. The quantitative estimate of drug-likeness (QED) is 0.211. The Morgan fingerprint density at radius 2 is 1.87 bits per heavy atom. The number of benzene rings is 2. The van der Waals surface area contributed by atoms with E-state index in [1.807, 2.05) is 44.2 Å². The Labute approximate surface area is 260 Å². The highest BCUT2D eigenvalue weighted by atomic mass is 16.5. The van der Waals surface area contributed by atoms with Crippen LogP contribution in [0.25, 0.3) is 16.9 Å². The summed E-state index contributed by atoms with van der Waals surface area (Å²) in [5, 5.41) is 10.0. The number of anilines is 1. The van der Waals surface area contributed by atoms with Crippen LogP contribution in [0.4, 0.5) is 5.82 Å². The van der Waals surface area contributed by atoms with Crippen molar-refractivity contribution in [2.45, 2.75) is 51.4 Å². The number of nitrogens with two attached hydrogens (primary N) is 1. The first kappa shape index (κ1) is 30.1. The number of nitrogens with zero attached hydrogens (tertiary/aromatic N) is 7. The van der Waals surface area contributed by atoms with Crippen molar-refractivity contribution in [1.29, 1.82) is 5.26 Å². The number of aromatic nitrogens is 4. The number of hydrogen-bond acceptors (Lipinski definition) is 9. The predicted octanol–water partition coefficient (Wildman–Crippen LogP) is 3.51. The number of carbonyl (C=O) groups excluding carboxylic acids is 1. The maximum atomic E-state index is 13.9. The molecule has 232 valence electrons. The van der Waals surface area contributed by atoms with E-state index in [2.05, 4.69) is 27.9 Å². The van der Waals surface area contributed by atoms with Crippen LogP contribution in [0, 0.1) is 11.3 Å². The highest BCUT2D eigenvalue weighted by molar-refractivity contribution is 5.98. The number of imidazole rings is 1. The van der Waals surface area contributed by atoms with E-state index in [0.29, 0.717) is 54.5 Å². The zero-order valence-corrected chi connectivity index (χ0v) is 25.6. The molecule has 12 nitrogen and oxygen atoms in total. The molecule has 4 heterocycles. The van der Waals surface area contributed by atoms with Gasteiger partial charge in [0.2, 0.25) is 0 Å². The Bertz CT molecular complexity index is 1830. The normalized spacial score (nSPS) is 17.2. The summed E-state index contributed by atoms with van der Waals surface area (Å²) < 4.78 is 14.3. The molecule has 12 heteroatoms. The van der Waals surface area contributed by atoms with E-state index in [4.69, 9.17) is 15.2 Å². The number of hydrogen-bond donors (Lipinski definition) is 1. The molecule has 2 aromatic carbocycles. The van der Waals surface area contributed by atoms with Crippen molar-refractivity contribution >= 4 is 22.9 Å². The van der Waals surface area contributed by atoms with E-state index in [9.17, 15) is 14.9 Å². The Hall–Kier alpha value is -4.99. The lowest BCUT2D eigenvalue weighted by Crippen LogP contribution is -2.57. The van der Waals surface area contributed by atoms with Crippen LogP contribution >= 0.6 is 0 Å². The largest absolute Gasteiger partial charge is 0.457 e. The molecule has 2 aliphatic rings. The summed E-state index contributed by atoms with van der Waals surface area (Å²) in [6, 6.07) is 18.6.